The Morgan fingerprint density at radius 1 is 1.18 bits per heavy atom. The second-order valence-electron chi connectivity index (χ2n) is 5.28. The lowest BCUT2D eigenvalue weighted by molar-refractivity contribution is 0.155. The zero-order valence-electron chi connectivity index (χ0n) is 9.98. The summed E-state index contributed by atoms with van der Waals surface area (Å²) in [5.41, 5.74) is 1.33. The number of piperidine rings is 1. The molecule has 0 bridgehead atoms. The van der Waals surface area contributed by atoms with E-state index in [4.69, 9.17) is 0 Å². The minimum absolute atomic E-state index is 0.250. The van der Waals surface area contributed by atoms with Crippen LogP contribution in [0.1, 0.15) is 5.56 Å². The fourth-order valence-corrected chi connectivity index (χ4v) is 3.14. The maximum absolute atomic E-state index is 13.8. The third kappa shape index (κ3) is 2.35. The molecule has 1 unspecified atom stereocenters. The third-order valence-electron chi connectivity index (χ3n) is 4.03. The van der Waals surface area contributed by atoms with Gasteiger partial charge in [-0.1, -0.05) is 30.3 Å². The Balaban J connectivity index is 1.64. The van der Waals surface area contributed by atoms with E-state index in [2.05, 4.69) is 34.5 Å². The Bertz CT molecular complexity index is 368. The third-order valence-corrected chi connectivity index (χ3v) is 4.03. The molecule has 0 aliphatic carbocycles. The molecule has 2 aliphatic heterocycles. The molecular formula is C14H19FN2. The van der Waals surface area contributed by atoms with E-state index in [1.807, 2.05) is 6.07 Å². The SMILES string of the molecule is FC1CNC[C@@H]2CN(Cc3ccccc3)C[C@H]12. The van der Waals surface area contributed by atoms with Gasteiger partial charge in [0.25, 0.3) is 0 Å². The van der Waals surface area contributed by atoms with Crippen molar-refractivity contribution in [2.75, 3.05) is 26.2 Å². The van der Waals surface area contributed by atoms with Gasteiger partial charge in [0.2, 0.25) is 0 Å². The molecule has 0 amide bonds. The van der Waals surface area contributed by atoms with Crippen LogP contribution in [-0.2, 0) is 6.54 Å². The largest absolute Gasteiger partial charge is 0.313 e. The van der Waals surface area contributed by atoms with Crippen LogP contribution < -0.4 is 5.32 Å². The molecule has 92 valence electrons. The minimum atomic E-state index is -0.658. The van der Waals surface area contributed by atoms with Crippen LogP contribution >= 0.6 is 0 Å². The number of fused-ring (bicyclic) bond motifs is 1. The molecule has 2 aliphatic rings. The predicted octanol–water partition coefficient (Wildman–Crippen LogP) is 1.68. The Hall–Kier alpha value is -0.930. The van der Waals surface area contributed by atoms with Gasteiger partial charge in [-0.2, -0.15) is 0 Å². The summed E-state index contributed by atoms with van der Waals surface area (Å²) in [5, 5.41) is 3.19. The van der Waals surface area contributed by atoms with Crippen molar-refractivity contribution in [1.29, 1.82) is 0 Å². The maximum atomic E-state index is 13.8. The molecule has 2 saturated heterocycles. The first-order valence-corrected chi connectivity index (χ1v) is 6.44. The van der Waals surface area contributed by atoms with Crippen LogP contribution in [0.2, 0.25) is 0 Å². The molecule has 0 aromatic heterocycles. The smallest absolute Gasteiger partial charge is 0.117 e. The van der Waals surface area contributed by atoms with E-state index in [0.29, 0.717) is 12.5 Å². The van der Waals surface area contributed by atoms with Crippen molar-refractivity contribution in [3.05, 3.63) is 35.9 Å². The van der Waals surface area contributed by atoms with Crippen molar-refractivity contribution in [3.8, 4) is 0 Å². The summed E-state index contributed by atoms with van der Waals surface area (Å²) in [6, 6.07) is 10.5. The highest BCUT2D eigenvalue weighted by atomic mass is 19.1. The van der Waals surface area contributed by atoms with Crippen LogP contribution in [0.3, 0.4) is 0 Å². The topological polar surface area (TPSA) is 15.3 Å². The van der Waals surface area contributed by atoms with Crippen LogP contribution in [0.25, 0.3) is 0 Å². The fourth-order valence-electron chi connectivity index (χ4n) is 3.14. The molecule has 2 heterocycles. The van der Waals surface area contributed by atoms with Gasteiger partial charge in [0.15, 0.2) is 0 Å². The summed E-state index contributed by atoms with van der Waals surface area (Å²) in [7, 11) is 0. The summed E-state index contributed by atoms with van der Waals surface area (Å²) in [6.45, 7) is 4.44. The number of hydrogen-bond donors (Lipinski definition) is 1. The minimum Gasteiger partial charge on any atom is -0.313 e. The van der Waals surface area contributed by atoms with E-state index >= 15 is 0 Å². The molecule has 1 aromatic carbocycles. The Kier molecular flexibility index (Phi) is 3.12. The molecule has 3 atom stereocenters. The van der Waals surface area contributed by atoms with Crippen molar-refractivity contribution in [3.63, 3.8) is 0 Å². The van der Waals surface area contributed by atoms with Crippen molar-refractivity contribution in [2.24, 2.45) is 11.8 Å². The van der Waals surface area contributed by atoms with Gasteiger partial charge in [0, 0.05) is 32.1 Å². The van der Waals surface area contributed by atoms with Crippen LogP contribution in [0.5, 0.6) is 0 Å². The summed E-state index contributed by atoms with van der Waals surface area (Å²) in [6.07, 6.45) is -0.658. The van der Waals surface area contributed by atoms with Gasteiger partial charge in [-0.25, -0.2) is 4.39 Å². The lowest BCUT2D eigenvalue weighted by atomic mass is 9.88. The number of rotatable bonds is 2. The zero-order chi connectivity index (χ0) is 11.7. The molecule has 0 radical (unpaired) electrons. The number of benzene rings is 1. The van der Waals surface area contributed by atoms with Crippen molar-refractivity contribution < 1.29 is 4.39 Å². The van der Waals surface area contributed by atoms with Gasteiger partial charge in [0.05, 0.1) is 0 Å². The van der Waals surface area contributed by atoms with Crippen molar-refractivity contribution in [2.45, 2.75) is 12.7 Å². The molecular weight excluding hydrogens is 215 g/mol. The van der Waals surface area contributed by atoms with E-state index in [0.717, 1.165) is 26.2 Å². The molecule has 3 heteroatoms. The monoisotopic (exact) mass is 234 g/mol. The highest BCUT2D eigenvalue weighted by Gasteiger charge is 2.40. The van der Waals surface area contributed by atoms with Crippen LogP contribution in [-0.4, -0.2) is 37.3 Å². The van der Waals surface area contributed by atoms with E-state index < -0.39 is 6.17 Å². The Morgan fingerprint density at radius 3 is 2.76 bits per heavy atom. The number of hydrogen-bond acceptors (Lipinski definition) is 2. The van der Waals surface area contributed by atoms with Crippen LogP contribution in [0, 0.1) is 11.8 Å². The molecule has 3 rings (SSSR count). The molecule has 2 nitrogen and oxygen atoms in total. The molecule has 17 heavy (non-hydrogen) atoms. The standard InChI is InChI=1S/C14H19FN2/c15-14-7-16-6-12-9-17(10-13(12)14)8-11-4-2-1-3-5-11/h1-5,12-14,16H,6-10H2/t12-,13+,14?/m1/s1. The normalized spacial score (nSPS) is 33.6. The number of halogens is 1. The van der Waals surface area contributed by atoms with Crippen LogP contribution in [0.4, 0.5) is 4.39 Å². The van der Waals surface area contributed by atoms with Crippen LogP contribution in [0.15, 0.2) is 30.3 Å². The lowest BCUT2D eigenvalue weighted by Crippen LogP contribution is -2.44. The summed E-state index contributed by atoms with van der Waals surface area (Å²) < 4.78 is 13.8. The average molecular weight is 234 g/mol. The van der Waals surface area contributed by atoms with Gasteiger partial charge in [-0.3, -0.25) is 4.90 Å². The van der Waals surface area contributed by atoms with Gasteiger partial charge >= 0.3 is 0 Å². The first-order valence-electron chi connectivity index (χ1n) is 6.44. The molecule has 1 aromatic rings. The van der Waals surface area contributed by atoms with E-state index in [9.17, 15) is 4.39 Å². The maximum Gasteiger partial charge on any atom is 0.117 e. The van der Waals surface area contributed by atoms with E-state index in [1.165, 1.54) is 5.56 Å². The second-order valence-corrected chi connectivity index (χ2v) is 5.28. The van der Waals surface area contributed by atoms with E-state index in [-0.39, 0.29) is 5.92 Å². The lowest BCUT2D eigenvalue weighted by Gasteiger charge is -2.28. The number of alkyl halides is 1. The summed E-state index contributed by atoms with van der Waals surface area (Å²) in [4.78, 5) is 2.39. The van der Waals surface area contributed by atoms with Gasteiger partial charge in [-0.05, 0) is 18.0 Å². The molecule has 2 fully saturated rings. The second kappa shape index (κ2) is 4.75. The van der Waals surface area contributed by atoms with Gasteiger partial charge in [-0.15, -0.1) is 0 Å². The summed E-state index contributed by atoms with van der Waals surface area (Å²) in [5.74, 6) is 0.752. The van der Waals surface area contributed by atoms with Gasteiger partial charge < -0.3 is 5.32 Å². The zero-order valence-corrected chi connectivity index (χ0v) is 9.98. The van der Waals surface area contributed by atoms with Crippen molar-refractivity contribution >= 4 is 0 Å². The quantitative estimate of drug-likeness (QED) is 0.837. The summed E-state index contributed by atoms with van der Waals surface area (Å²) >= 11 is 0. The average Bonchev–Trinajstić information content (AvgIpc) is 2.74. The number of likely N-dealkylation sites (tertiary alicyclic amines) is 1. The highest BCUT2D eigenvalue weighted by molar-refractivity contribution is 5.15. The fraction of sp³-hybridized carbons (Fsp3) is 0.571. The predicted molar refractivity (Wildman–Crippen MR) is 66.5 cm³/mol. The first-order chi connectivity index (χ1) is 8.33. The van der Waals surface area contributed by atoms with Crippen molar-refractivity contribution in [1.82, 2.24) is 10.2 Å². The number of nitrogens with zero attached hydrogens (tertiary/aromatic N) is 1. The molecule has 1 N–H and O–H groups in total. The first kappa shape index (κ1) is 11.2. The molecule has 0 spiro atoms. The Morgan fingerprint density at radius 2 is 2.00 bits per heavy atom. The Labute approximate surface area is 102 Å². The van der Waals surface area contributed by atoms with E-state index in [1.54, 1.807) is 0 Å². The highest BCUT2D eigenvalue weighted by Crippen LogP contribution is 2.30. The molecule has 0 saturated carbocycles. The van der Waals surface area contributed by atoms with Gasteiger partial charge in [0.1, 0.15) is 6.17 Å². The number of nitrogens with one attached hydrogen (secondary N) is 1.